The Morgan fingerprint density at radius 1 is 1.44 bits per heavy atom. The van der Waals surface area contributed by atoms with Crippen LogP contribution in [0.15, 0.2) is 12.3 Å². The Kier molecular flexibility index (Phi) is 3.83. The zero-order valence-electron chi connectivity index (χ0n) is 10.3. The Morgan fingerprint density at radius 2 is 2.19 bits per heavy atom. The van der Waals surface area contributed by atoms with Crippen LogP contribution in [0.5, 0.6) is 0 Å². The predicted octanol–water partition coefficient (Wildman–Crippen LogP) is 1.71. The van der Waals surface area contributed by atoms with Crippen LogP contribution in [0, 0.1) is 0 Å². The summed E-state index contributed by atoms with van der Waals surface area (Å²) in [6, 6.07) is 2.64. The molecule has 1 saturated heterocycles. The van der Waals surface area contributed by atoms with Crippen LogP contribution in [-0.4, -0.2) is 40.4 Å². The van der Waals surface area contributed by atoms with Gasteiger partial charge in [-0.15, -0.1) is 0 Å². The molecule has 1 N–H and O–H groups in total. The molecule has 1 aliphatic rings. The second-order valence-electron chi connectivity index (χ2n) is 4.63. The summed E-state index contributed by atoms with van der Waals surface area (Å²) >= 11 is 0. The first-order valence-corrected chi connectivity index (χ1v) is 6.26. The summed E-state index contributed by atoms with van der Waals surface area (Å²) in [6.45, 7) is 5.94. The molecule has 2 heterocycles. The lowest BCUT2D eigenvalue weighted by molar-refractivity contribution is 0.219. The summed E-state index contributed by atoms with van der Waals surface area (Å²) in [7, 11) is 1.95. The Bertz CT molecular complexity index is 313. The molecule has 1 fully saturated rings. The van der Waals surface area contributed by atoms with E-state index < -0.39 is 0 Å². The van der Waals surface area contributed by atoms with Crippen molar-refractivity contribution in [1.82, 2.24) is 14.7 Å². The van der Waals surface area contributed by atoms with E-state index in [9.17, 15) is 0 Å². The van der Waals surface area contributed by atoms with E-state index in [-0.39, 0.29) is 0 Å². The van der Waals surface area contributed by atoms with Crippen LogP contribution in [0.4, 0.5) is 5.82 Å². The highest BCUT2D eigenvalue weighted by atomic mass is 15.3. The number of likely N-dealkylation sites (tertiary alicyclic amines) is 1. The van der Waals surface area contributed by atoms with Crippen molar-refractivity contribution < 1.29 is 0 Å². The van der Waals surface area contributed by atoms with Gasteiger partial charge in [0.25, 0.3) is 0 Å². The fourth-order valence-electron chi connectivity index (χ4n) is 2.32. The second-order valence-corrected chi connectivity index (χ2v) is 4.63. The van der Waals surface area contributed by atoms with Crippen molar-refractivity contribution in [1.29, 1.82) is 0 Å². The number of rotatable bonds is 4. The number of nitrogens with one attached hydrogen (secondary N) is 1. The molecule has 2 rings (SSSR count). The molecule has 0 amide bonds. The smallest absolute Gasteiger partial charge is 0.148 e. The fraction of sp³-hybridized carbons (Fsp3) is 0.750. The zero-order valence-corrected chi connectivity index (χ0v) is 10.3. The van der Waals surface area contributed by atoms with Gasteiger partial charge in [0, 0.05) is 38.4 Å². The lowest BCUT2D eigenvalue weighted by Gasteiger charge is -2.32. The largest absolute Gasteiger partial charge is 0.366 e. The summed E-state index contributed by atoms with van der Waals surface area (Å²) in [6.07, 6.45) is 5.71. The average molecular weight is 222 g/mol. The molecular weight excluding hydrogens is 200 g/mol. The van der Waals surface area contributed by atoms with Gasteiger partial charge in [-0.1, -0.05) is 6.92 Å². The maximum atomic E-state index is 4.35. The van der Waals surface area contributed by atoms with Gasteiger partial charge in [-0.3, -0.25) is 4.68 Å². The molecule has 0 spiro atoms. The molecule has 4 heteroatoms. The van der Waals surface area contributed by atoms with Crippen molar-refractivity contribution in [3.8, 4) is 0 Å². The maximum Gasteiger partial charge on any atom is 0.148 e. The van der Waals surface area contributed by atoms with E-state index in [2.05, 4.69) is 22.2 Å². The Morgan fingerprint density at radius 3 is 2.75 bits per heavy atom. The van der Waals surface area contributed by atoms with Crippen molar-refractivity contribution in [2.24, 2.45) is 7.05 Å². The van der Waals surface area contributed by atoms with Gasteiger partial charge in [-0.25, -0.2) is 0 Å². The van der Waals surface area contributed by atoms with Crippen LogP contribution in [0.25, 0.3) is 0 Å². The topological polar surface area (TPSA) is 33.1 Å². The van der Waals surface area contributed by atoms with E-state index in [4.69, 9.17) is 0 Å². The minimum Gasteiger partial charge on any atom is -0.366 e. The highest BCUT2D eigenvalue weighted by Gasteiger charge is 2.18. The van der Waals surface area contributed by atoms with Gasteiger partial charge in [0.1, 0.15) is 5.82 Å². The SMILES string of the molecule is CCCN1CCC(Nc2ccn(C)n2)CC1. The molecule has 16 heavy (non-hydrogen) atoms. The minimum absolute atomic E-state index is 0.600. The Labute approximate surface area is 97.6 Å². The molecule has 1 aromatic heterocycles. The van der Waals surface area contributed by atoms with Gasteiger partial charge in [-0.2, -0.15) is 5.10 Å². The lowest BCUT2D eigenvalue weighted by atomic mass is 10.1. The van der Waals surface area contributed by atoms with E-state index >= 15 is 0 Å². The van der Waals surface area contributed by atoms with Crippen LogP contribution in [0.3, 0.4) is 0 Å². The molecular formula is C12H22N4. The molecule has 90 valence electrons. The number of hydrogen-bond donors (Lipinski definition) is 1. The standard InChI is InChI=1S/C12H22N4/c1-3-7-16-9-4-11(5-10-16)13-12-6-8-15(2)14-12/h6,8,11H,3-5,7,9-10H2,1-2H3,(H,13,14). The summed E-state index contributed by atoms with van der Waals surface area (Å²) in [5, 5.41) is 7.86. The predicted molar refractivity (Wildman–Crippen MR) is 66.6 cm³/mol. The Hall–Kier alpha value is -1.03. The maximum absolute atomic E-state index is 4.35. The van der Waals surface area contributed by atoms with Gasteiger partial charge in [-0.05, 0) is 25.8 Å². The molecule has 0 saturated carbocycles. The summed E-state index contributed by atoms with van der Waals surface area (Å²) in [4.78, 5) is 2.55. The number of piperidine rings is 1. The highest BCUT2D eigenvalue weighted by Crippen LogP contribution is 2.15. The molecule has 0 aliphatic carbocycles. The molecule has 0 bridgehead atoms. The molecule has 0 aromatic carbocycles. The number of aromatic nitrogens is 2. The van der Waals surface area contributed by atoms with E-state index in [0.29, 0.717) is 6.04 Å². The molecule has 1 aliphatic heterocycles. The third kappa shape index (κ3) is 2.98. The fourth-order valence-corrected chi connectivity index (χ4v) is 2.32. The molecule has 0 unspecified atom stereocenters. The van der Waals surface area contributed by atoms with Gasteiger partial charge in [0.15, 0.2) is 0 Å². The van der Waals surface area contributed by atoms with Gasteiger partial charge >= 0.3 is 0 Å². The molecule has 0 atom stereocenters. The van der Waals surface area contributed by atoms with Crippen molar-refractivity contribution in [3.63, 3.8) is 0 Å². The van der Waals surface area contributed by atoms with Gasteiger partial charge in [0.2, 0.25) is 0 Å². The number of nitrogens with zero attached hydrogens (tertiary/aromatic N) is 3. The summed E-state index contributed by atoms with van der Waals surface area (Å²) in [5.41, 5.74) is 0. The van der Waals surface area contributed by atoms with Gasteiger partial charge in [0.05, 0.1) is 0 Å². The minimum atomic E-state index is 0.600. The molecule has 1 aromatic rings. The van der Waals surface area contributed by atoms with E-state index in [0.717, 1.165) is 5.82 Å². The number of aryl methyl sites for hydroxylation is 1. The van der Waals surface area contributed by atoms with Crippen LogP contribution in [-0.2, 0) is 7.05 Å². The third-order valence-electron chi connectivity index (χ3n) is 3.19. The number of hydrogen-bond acceptors (Lipinski definition) is 3. The molecule has 4 nitrogen and oxygen atoms in total. The van der Waals surface area contributed by atoms with E-state index in [1.54, 1.807) is 0 Å². The highest BCUT2D eigenvalue weighted by molar-refractivity contribution is 5.33. The van der Waals surface area contributed by atoms with E-state index in [1.807, 2.05) is 24.0 Å². The molecule has 0 radical (unpaired) electrons. The average Bonchev–Trinajstić information content (AvgIpc) is 2.67. The van der Waals surface area contributed by atoms with Crippen molar-refractivity contribution in [3.05, 3.63) is 12.3 Å². The van der Waals surface area contributed by atoms with Crippen molar-refractivity contribution in [2.45, 2.75) is 32.2 Å². The van der Waals surface area contributed by atoms with Crippen LogP contribution in [0.1, 0.15) is 26.2 Å². The zero-order chi connectivity index (χ0) is 11.4. The first-order chi connectivity index (χ1) is 7.78. The Balaban J connectivity index is 1.77. The van der Waals surface area contributed by atoms with Crippen LogP contribution >= 0.6 is 0 Å². The van der Waals surface area contributed by atoms with Crippen molar-refractivity contribution >= 4 is 5.82 Å². The summed E-state index contributed by atoms with van der Waals surface area (Å²) in [5.74, 6) is 1.01. The monoisotopic (exact) mass is 222 g/mol. The van der Waals surface area contributed by atoms with E-state index in [1.165, 1.54) is 38.9 Å². The first-order valence-electron chi connectivity index (χ1n) is 6.26. The number of anilines is 1. The second kappa shape index (κ2) is 5.34. The van der Waals surface area contributed by atoms with Crippen LogP contribution < -0.4 is 5.32 Å². The third-order valence-corrected chi connectivity index (χ3v) is 3.19. The quantitative estimate of drug-likeness (QED) is 0.842. The van der Waals surface area contributed by atoms with Crippen LogP contribution in [0.2, 0.25) is 0 Å². The normalized spacial score (nSPS) is 18.9. The first kappa shape index (κ1) is 11.5. The lowest BCUT2D eigenvalue weighted by Crippen LogP contribution is -2.39. The van der Waals surface area contributed by atoms with Gasteiger partial charge < -0.3 is 10.2 Å². The van der Waals surface area contributed by atoms with Crippen molar-refractivity contribution in [2.75, 3.05) is 25.0 Å². The summed E-state index contributed by atoms with van der Waals surface area (Å²) < 4.78 is 1.84.